The number of allylic oxidation sites excluding steroid dienone is 1. The van der Waals surface area contributed by atoms with E-state index in [4.69, 9.17) is 0 Å². The summed E-state index contributed by atoms with van der Waals surface area (Å²) < 4.78 is 0. The average molecular weight is 225 g/mol. The van der Waals surface area contributed by atoms with Crippen LogP contribution in [-0.2, 0) is 0 Å². The number of hydrogen-bond donors (Lipinski definition) is 1. The predicted octanol–water partition coefficient (Wildman–Crippen LogP) is 3.02. The van der Waals surface area contributed by atoms with Gasteiger partial charge in [0.2, 0.25) is 0 Å². The van der Waals surface area contributed by atoms with Gasteiger partial charge in [-0.3, -0.25) is 4.99 Å². The molecule has 3 nitrogen and oxygen atoms in total. The summed E-state index contributed by atoms with van der Waals surface area (Å²) in [5.41, 5.74) is 5.54. The predicted molar refractivity (Wildman–Crippen MR) is 74.7 cm³/mol. The Balaban J connectivity index is 0. The molecule has 0 fully saturated rings. The minimum atomic E-state index is 0.334. The number of rotatable bonds is 2. The van der Waals surface area contributed by atoms with Crippen molar-refractivity contribution >= 4 is 6.21 Å². The van der Waals surface area contributed by atoms with Gasteiger partial charge in [-0.2, -0.15) is 0 Å². The highest BCUT2D eigenvalue weighted by atomic mass is 15.5. The van der Waals surface area contributed by atoms with E-state index >= 15 is 0 Å². The Hall–Kier alpha value is -1.09. The molecule has 1 aliphatic rings. The van der Waals surface area contributed by atoms with Gasteiger partial charge in [0.1, 0.15) is 0 Å². The molecule has 0 amide bonds. The van der Waals surface area contributed by atoms with E-state index in [-0.39, 0.29) is 0 Å². The van der Waals surface area contributed by atoms with Crippen LogP contribution in [0.3, 0.4) is 0 Å². The van der Waals surface area contributed by atoms with E-state index in [0.29, 0.717) is 6.04 Å². The van der Waals surface area contributed by atoms with Crippen molar-refractivity contribution in [1.29, 1.82) is 0 Å². The van der Waals surface area contributed by atoms with Gasteiger partial charge in [-0.25, -0.2) is 5.43 Å². The first-order chi connectivity index (χ1) is 7.70. The molecule has 0 bridgehead atoms. The summed E-state index contributed by atoms with van der Waals surface area (Å²) in [6.45, 7) is 13.9. The van der Waals surface area contributed by atoms with Crippen LogP contribution in [-0.4, -0.2) is 31.4 Å². The minimum absolute atomic E-state index is 0.334. The third kappa shape index (κ3) is 4.62. The van der Waals surface area contributed by atoms with Gasteiger partial charge in [0.25, 0.3) is 0 Å². The summed E-state index contributed by atoms with van der Waals surface area (Å²) in [7, 11) is 3.74. The fraction of sp³-hybridized carbons (Fsp3) is 0.615. The second kappa shape index (κ2) is 10.4. The van der Waals surface area contributed by atoms with E-state index < -0.39 is 0 Å². The maximum absolute atomic E-state index is 3.99. The molecule has 3 heteroatoms. The second-order valence-corrected chi connectivity index (χ2v) is 2.84. The highest BCUT2D eigenvalue weighted by molar-refractivity contribution is 5.80. The van der Waals surface area contributed by atoms with Crippen molar-refractivity contribution in [2.75, 3.05) is 14.1 Å². The van der Waals surface area contributed by atoms with E-state index in [2.05, 4.69) is 23.9 Å². The van der Waals surface area contributed by atoms with Crippen molar-refractivity contribution in [3.8, 4) is 0 Å². The van der Waals surface area contributed by atoms with Crippen LogP contribution >= 0.6 is 0 Å². The molecule has 16 heavy (non-hydrogen) atoms. The van der Waals surface area contributed by atoms with Gasteiger partial charge < -0.3 is 5.01 Å². The molecule has 1 aliphatic heterocycles. The Labute approximate surface area is 101 Å². The smallest absolute Gasteiger partial charge is 0.0742 e. The zero-order chi connectivity index (χ0) is 13.1. The lowest BCUT2D eigenvalue weighted by Gasteiger charge is -2.13. The third-order valence-corrected chi connectivity index (χ3v) is 1.98. The molecule has 1 rings (SSSR count). The van der Waals surface area contributed by atoms with Crippen LogP contribution in [0.2, 0.25) is 0 Å². The fourth-order valence-electron chi connectivity index (χ4n) is 1.41. The number of hydrogen-bond acceptors (Lipinski definition) is 3. The van der Waals surface area contributed by atoms with E-state index in [0.717, 1.165) is 5.70 Å². The maximum atomic E-state index is 3.99. The summed E-state index contributed by atoms with van der Waals surface area (Å²) in [5.74, 6) is 0. The monoisotopic (exact) mass is 225 g/mol. The molecule has 1 unspecified atom stereocenters. The summed E-state index contributed by atoms with van der Waals surface area (Å²) >= 11 is 0. The Bertz CT molecular complexity index is 242. The van der Waals surface area contributed by atoms with E-state index in [1.54, 1.807) is 7.05 Å². The average Bonchev–Trinajstić information content (AvgIpc) is 2.59. The molecular formula is C13H27N3. The molecular weight excluding hydrogens is 198 g/mol. The highest BCUT2D eigenvalue weighted by Gasteiger charge is 2.21. The molecule has 0 radical (unpaired) electrons. The van der Waals surface area contributed by atoms with Gasteiger partial charge in [-0.15, -0.1) is 0 Å². The normalized spacial score (nSPS) is 18.9. The Kier molecular flexibility index (Phi) is 11.3. The maximum Gasteiger partial charge on any atom is 0.0742 e. The minimum Gasteiger partial charge on any atom is -0.309 e. The van der Waals surface area contributed by atoms with Crippen LogP contribution in [0.1, 0.15) is 34.6 Å². The molecule has 0 spiro atoms. The first-order valence-electron chi connectivity index (χ1n) is 5.99. The van der Waals surface area contributed by atoms with Crippen LogP contribution in [0.5, 0.6) is 0 Å². The summed E-state index contributed by atoms with van der Waals surface area (Å²) in [6, 6.07) is 0.334. The molecule has 1 N–H and O–H groups in total. The van der Waals surface area contributed by atoms with Crippen molar-refractivity contribution in [2.24, 2.45) is 4.99 Å². The SMILES string of the molecule is C=CC1=C(C=NC)N(C)NC1C.CC.CC. The largest absolute Gasteiger partial charge is 0.309 e. The van der Waals surface area contributed by atoms with Gasteiger partial charge in [0, 0.05) is 20.3 Å². The van der Waals surface area contributed by atoms with Gasteiger partial charge in [0.15, 0.2) is 0 Å². The first kappa shape index (κ1) is 17.3. The molecule has 1 atom stereocenters. The van der Waals surface area contributed by atoms with Crippen LogP contribution in [0.25, 0.3) is 0 Å². The topological polar surface area (TPSA) is 27.6 Å². The number of nitrogens with zero attached hydrogens (tertiary/aromatic N) is 2. The van der Waals surface area contributed by atoms with Crippen molar-refractivity contribution < 1.29 is 0 Å². The summed E-state index contributed by atoms with van der Waals surface area (Å²) in [5, 5.41) is 1.97. The van der Waals surface area contributed by atoms with Gasteiger partial charge in [-0.1, -0.05) is 40.3 Å². The van der Waals surface area contributed by atoms with Gasteiger partial charge >= 0.3 is 0 Å². The van der Waals surface area contributed by atoms with Crippen molar-refractivity contribution in [1.82, 2.24) is 10.4 Å². The lowest BCUT2D eigenvalue weighted by Crippen LogP contribution is -2.32. The zero-order valence-electron chi connectivity index (χ0n) is 11.8. The van der Waals surface area contributed by atoms with E-state index in [1.807, 2.05) is 52.0 Å². The Morgan fingerprint density at radius 2 is 1.81 bits per heavy atom. The lowest BCUT2D eigenvalue weighted by molar-refractivity contribution is 0.328. The molecule has 0 aromatic rings. The fourth-order valence-corrected chi connectivity index (χ4v) is 1.41. The molecule has 0 aromatic carbocycles. The molecule has 0 aromatic heterocycles. The number of hydrazine groups is 1. The highest BCUT2D eigenvalue weighted by Crippen LogP contribution is 2.18. The molecule has 1 heterocycles. The van der Waals surface area contributed by atoms with Gasteiger partial charge in [-0.05, 0) is 12.5 Å². The number of aliphatic imine (C=N–C) groups is 1. The summed E-state index contributed by atoms with van der Waals surface area (Å²) in [6.07, 6.45) is 3.71. The van der Waals surface area contributed by atoms with Gasteiger partial charge in [0.05, 0.1) is 11.7 Å². The molecule has 94 valence electrons. The Morgan fingerprint density at radius 3 is 2.19 bits per heavy atom. The zero-order valence-corrected chi connectivity index (χ0v) is 11.8. The lowest BCUT2D eigenvalue weighted by atomic mass is 10.1. The van der Waals surface area contributed by atoms with Crippen molar-refractivity contribution in [3.05, 3.63) is 23.9 Å². The van der Waals surface area contributed by atoms with Crippen LogP contribution in [0.15, 0.2) is 28.9 Å². The number of nitrogens with one attached hydrogen (secondary N) is 1. The quantitative estimate of drug-likeness (QED) is 0.732. The third-order valence-electron chi connectivity index (χ3n) is 1.98. The molecule has 0 saturated carbocycles. The van der Waals surface area contributed by atoms with Crippen molar-refractivity contribution in [2.45, 2.75) is 40.7 Å². The van der Waals surface area contributed by atoms with Crippen LogP contribution in [0.4, 0.5) is 0 Å². The first-order valence-corrected chi connectivity index (χ1v) is 5.99. The second-order valence-electron chi connectivity index (χ2n) is 2.84. The van der Waals surface area contributed by atoms with E-state index in [9.17, 15) is 0 Å². The summed E-state index contributed by atoms with van der Waals surface area (Å²) in [4.78, 5) is 3.99. The molecule has 0 aliphatic carbocycles. The van der Waals surface area contributed by atoms with Crippen LogP contribution in [0, 0.1) is 0 Å². The molecule has 0 saturated heterocycles. The Morgan fingerprint density at radius 1 is 1.31 bits per heavy atom. The van der Waals surface area contributed by atoms with E-state index in [1.165, 1.54) is 5.57 Å². The van der Waals surface area contributed by atoms with Crippen molar-refractivity contribution in [3.63, 3.8) is 0 Å². The van der Waals surface area contributed by atoms with Crippen LogP contribution < -0.4 is 5.43 Å². The standard InChI is InChI=1S/C9H15N3.2C2H6/c1-5-8-7(2)11-12(4)9(8)6-10-3;2*1-2/h5-7,11H,1H2,2-4H3;2*1-2H3.